The number of hydrogen-bond acceptors (Lipinski definition) is 3. The number of amides is 1. The van der Waals surface area contributed by atoms with Gasteiger partial charge in [-0.05, 0) is 42.3 Å². The third kappa shape index (κ3) is 3.34. The lowest BCUT2D eigenvalue weighted by atomic mass is 9.98. The van der Waals surface area contributed by atoms with Gasteiger partial charge in [0.1, 0.15) is 11.5 Å². The Morgan fingerprint density at radius 3 is 2.54 bits per heavy atom. The largest absolute Gasteiger partial charge is 0.497 e. The van der Waals surface area contributed by atoms with Crippen molar-refractivity contribution in [2.24, 2.45) is 0 Å². The first kappa shape index (κ1) is 16.7. The van der Waals surface area contributed by atoms with Gasteiger partial charge in [-0.15, -0.1) is 0 Å². The molecule has 1 aliphatic heterocycles. The van der Waals surface area contributed by atoms with E-state index in [9.17, 15) is 4.79 Å². The summed E-state index contributed by atoms with van der Waals surface area (Å²) in [5.74, 6) is 1.70. The van der Waals surface area contributed by atoms with Crippen LogP contribution in [0.25, 0.3) is 0 Å². The molecule has 1 saturated heterocycles. The first-order valence-corrected chi connectivity index (χ1v) is 8.27. The van der Waals surface area contributed by atoms with Gasteiger partial charge >= 0.3 is 0 Å². The van der Waals surface area contributed by atoms with Crippen molar-refractivity contribution in [3.63, 3.8) is 0 Å². The van der Waals surface area contributed by atoms with Gasteiger partial charge in [0.25, 0.3) is 5.91 Å². The summed E-state index contributed by atoms with van der Waals surface area (Å²) in [7, 11) is 3.22. The van der Waals surface area contributed by atoms with Gasteiger partial charge in [-0.2, -0.15) is 0 Å². The van der Waals surface area contributed by atoms with Crippen LogP contribution in [0.3, 0.4) is 0 Å². The molecule has 1 heterocycles. The maximum Gasteiger partial charge on any atom is 0.257 e. The number of halogens is 1. The monoisotopic (exact) mass is 345 g/mol. The predicted octanol–water partition coefficient (Wildman–Crippen LogP) is 3.99. The van der Waals surface area contributed by atoms with Gasteiger partial charge in [0.15, 0.2) is 0 Å². The number of carbonyl (C=O) groups is 1. The molecule has 2 aromatic rings. The predicted molar refractivity (Wildman–Crippen MR) is 94.3 cm³/mol. The highest BCUT2D eigenvalue weighted by molar-refractivity contribution is 6.31. The topological polar surface area (TPSA) is 38.8 Å². The Balaban J connectivity index is 1.75. The second kappa shape index (κ2) is 7.14. The minimum absolute atomic E-state index is 0.0367. The Bertz CT molecular complexity index is 730. The minimum atomic E-state index is -0.0367. The second-order valence-electron chi connectivity index (χ2n) is 5.85. The summed E-state index contributed by atoms with van der Waals surface area (Å²) in [6.45, 7) is 1.42. The molecule has 0 aromatic heterocycles. The van der Waals surface area contributed by atoms with Gasteiger partial charge in [0.2, 0.25) is 0 Å². The highest BCUT2D eigenvalue weighted by Gasteiger charge is 2.29. The lowest BCUT2D eigenvalue weighted by Crippen LogP contribution is -2.28. The molecule has 24 heavy (non-hydrogen) atoms. The number of rotatable bonds is 4. The van der Waals surface area contributed by atoms with Gasteiger partial charge in [-0.1, -0.05) is 23.7 Å². The van der Waals surface area contributed by atoms with Crippen LogP contribution in [0.4, 0.5) is 0 Å². The van der Waals surface area contributed by atoms with Gasteiger partial charge in [-0.25, -0.2) is 0 Å². The number of methoxy groups -OCH3 is 2. The van der Waals surface area contributed by atoms with Crippen molar-refractivity contribution in [3.8, 4) is 11.5 Å². The molecule has 0 bridgehead atoms. The Labute approximate surface area is 146 Å². The first-order valence-electron chi connectivity index (χ1n) is 7.89. The molecular formula is C19H20ClNO3. The van der Waals surface area contributed by atoms with Crippen molar-refractivity contribution in [1.82, 2.24) is 4.90 Å². The first-order chi connectivity index (χ1) is 11.6. The summed E-state index contributed by atoms with van der Waals surface area (Å²) < 4.78 is 10.5. The number of benzene rings is 2. The summed E-state index contributed by atoms with van der Waals surface area (Å²) >= 11 is 6.04. The zero-order chi connectivity index (χ0) is 17.1. The molecule has 1 fully saturated rings. The van der Waals surface area contributed by atoms with E-state index in [4.69, 9.17) is 21.1 Å². The summed E-state index contributed by atoms with van der Waals surface area (Å²) in [6.07, 6.45) is 0.945. The normalized spacial score (nSPS) is 17.0. The van der Waals surface area contributed by atoms with Gasteiger partial charge < -0.3 is 14.4 Å². The van der Waals surface area contributed by atoms with E-state index < -0.39 is 0 Å². The van der Waals surface area contributed by atoms with Crippen LogP contribution in [-0.2, 0) is 0 Å². The average molecular weight is 346 g/mol. The molecule has 2 aromatic carbocycles. The fourth-order valence-electron chi connectivity index (χ4n) is 3.11. The summed E-state index contributed by atoms with van der Waals surface area (Å²) in [5.41, 5.74) is 1.74. The van der Waals surface area contributed by atoms with E-state index in [2.05, 4.69) is 12.1 Å². The van der Waals surface area contributed by atoms with Crippen molar-refractivity contribution < 1.29 is 14.3 Å². The van der Waals surface area contributed by atoms with E-state index in [-0.39, 0.29) is 5.91 Å². The van der Waals surface area contributed by atoms with E-state index in [1.54, 1.807) is 32.4 Å². The number of ether oxygens (including phenoxy) is 2. The van der Waals surface area contributed by atoms with Crippen LogP contribution in [0.2, 0.25) is 5.02 Å². The zero-order valence-corrected chi connectivity index (χ0v) is 14.5. The van der Waals surface area contributed by atoms with Crippen molar-refractivity contribution in [2.45, 2.75) is 12.3 Å². The lowest BCUT2D eigenvalue weighted by molar-refractivity contribution is 0.0787. The summed E-state index contributed by atoms with van der Waals surface area (Å²) in [5, 5.41) is 0.532. The minimum Gasteiger partial charge on any atom is -0.497 e. The van der Waals surface area contributed by atoms with Crippen LogP contribution >= 0.6 is 11.6 Å². The number of nitrogens with zero attached hydrogens (tertiary/aromatic N) is 1. The van der Waals surface area contributed by atoms with Gasteiger partial charge in [0, 0.05) is 24.0 Å². The molecule has 0 radical (unpaired) electrons. The van der Waals surface area contributed by atoms with Crippen LogP contribution in [0, 0.1) is 0 Å². The fraction of sp³-hybridized carbons (Fsp3) is 0.316. The lowest BCUT2D eigenvalue weighted by Gasteiger charge is -2.18. The number of likely N-dealkylation sites (tertiary alicyclic amines) is 1. The molecule has 0 aliphatic carbocycles. The molecule has 1 aliphatic rings. The molecule has 0 saturated carbocycles. The van der Waals surface area contributed by atoms with Crippen LogP contribution in [0.15, 0.2) is 42.5 Å². The second-order valence-corrected chi connectivity index (χ2v) is 6.29. The molecule has 1 unspecified atom stereocenters. The Hall–Kier alpha value is -2.20. The zero-order valence-electron chi connectivity index (χ0n) is 13.8. The van der Waals surface area contributed by atoms with Crippen molar-refractivity contribution in [2.75, 3.05) is 27.3 Å². The van der Waals surface area contributed by atoms with E-state index in [1.807, 2.05) is 17.0 Å². The fourth-order valence-corrected chi connectivity index (χ4v) is 3.28. The van der Waals surface area contributed by atoms with Crippen LogP contribution in [0.1, 0.15) is 28.3 Å². The van der Waals surface area contributed by atoms with E-state index >= 15 is 0 Å². The van der Waals surface area contributed by atoms with Crippen molar-refractivity contribution >= 4 is 17.5 Å². The molecule has 3 rings (SSSR count). The molecule has 0 N–H and O–H groups in total. The Kier molecular flexibility index (Phi) is 4.95. The third-order valence-corrected chi connectivity index (χ3v) is 4.69. The highest BCUT2D eigenvalue weighted by Crippen LogP contribution is 2.31. The van der Waals surface area contributed by atoms with Crippen molar-refractivity contribution in [3.05, 3.63) is 58.6 Å². The summed E-state index contributed by atoms with van der Waals surface area (Å²) in [4.78, 5) is 14.7. The molecule has 4 nitrogen and oxygen atoms in total. The van der Waals surface area contributed by atoms with Gasteiger partial charge in [-0.3, -0.25) is 4.79 Å². The number of carbonyl (C=O) groups excluding carboxylic acids is 1. The maximum atomic E-state index is 12.8. The third-order valence-electron chi connectivity index (χ3n) is 4.45. The Morgan fingerprint density at radius 1 is 1.12 bits per heavy atom. The molecule has 1 amide bonds. The van der Waals surface area contributed by atoms with Gasteiger partial charge in [0.05, 0.1) is 19.8 Å². The average Bonchev–Trinajstić information content (AvgIpc) is 3.11. The van der Waals surface area contributed by atoms with E-state index in [0.29, 0.717) is 28.8 Å². The Morgan fingerprint density at radius 2 is 1.88 bits per heavy atom. The van der Waals surface area contributed by atoms with E-state index in [1.165, 1.54) is 5.56 Å². The van der Waals surface area contributed by atoms with Crippen molar-refractivity contribution in [1.29, 1.82) is 0 Å². The maximum absolute atomic E-state index is 12.8. The molecule has 5 heteroatoms. The number of hydrogen-bond donors (Lipinski definition) is 0. The summed E-state index contributed by atoms with van der Waals surface area (Å²) in [6, 6.07) is 13.2. The molecule has 1 atom stereocenters. The van der Waals surface area contributed by atoms with Crippen LogP contribution in [0.5, 0.6) is 11.5 Å². The molecule has 0 spiro atoms. The standard InChI is InChI=1S/C19H20ClNO3/c1-23-16-6-3-13(4-7-16)14-9-10-21(12-14)19(22)17-11-15(20)5-8-18(17)24-2/h3-8,11,14H,9-10,12H2,1-2H3. The van der Waals surface area contributed by atoms with E-state index in [0.717, 1.165) is 18.7 Å². The SMILES string of the molecule is COc1ccc(C2CCN(C(=O)c3cc(Cl)ccc3OC)C2)cc1. The smallest absolute Gasteiger partial charge is 0.257 e. The molecule has 126 valence electrons. The highest BCUT2D eigenvalue weighted by atomic mass is 35.5. The van der Waals surface area contributed by atoms with Crippen LogP contribution < -0.4 is 9.47 Å². The van der Waals surface area contributed by atoms with Crippen LogP contribution in [-0.4, -0.2) is 38.1 Å². The molecular weight excluding hydrogens is 326 g/mol. The quantitative estimate of drug-likeness (QED) is 0.841.